The van der Waals surface area contributed by atoms with E-state index in [-0.39, 0.29) is 12.5 Å². The average Bonchev–Trinajstić information content (AvgIpc) is 3.16. The molecule has 0 saturated carbocycles. The zero-order valence-corrected chi connectivity index (χ0v) is 15.5. The lowest BCUT2D eigenvalue weighted by molar-refractivity contribution is 0.0523. The molecular formula is C20H18N2O4S. The molecule has 0 atom stereocenters. The minimum atomic E-state index is -0.392. The van der Waals surface area contributed by atoms with E-state index < -0.39 is 5.97 Å². The zero-order chi connectivity index (χ0) is 19.1. The molecule has 0 aliphatic heterocycles. The monoisotopic (exact) mass is 382 g/mol. The molecule has 6 nitrogen and oxygen atoms in total. The van der Waals surface area contributed by atoms with E-state index in [1.807, 2.05) is 6.07 Å². The third-order valence-corrected chi connectivity index (χ3v) is 4.55. The van der Waals surface area contributed by atoms with Crippen molar-refractivity contribution in [3.05, 3.63) is 76.2 Å². The van der Waals surface area contributed by atoms with Crippen LogP contribution in [0.5, 0.6) is 5.75 Å². The summed E-state index contributed by atoms with van der Waals surface area (Å²) in [6, 6.07) is 12.3. The molecule has 1 aromatic carbocycles. The van der Waals surface area contributed by atoms with Crippen LogP contribution in [-0.4, -0.2) is 23.5 Å². The number of amides is 1. The Kier molecular flexibility index (Phi) is 6.17. The Labute approximate surface area is 160 Å². The number of anilines is 1. The number of hydrogen-bond donors (Lipinski definition) is 1. The molecule has 0 spiro atoms. The number of carbonyl (C=O) groups excluding carboxylic acids is 2. The fraction of sp³-hybridized carbons (Fsp3) is 0.150. The number of aromatic nitrogens is 1. The number of esters is 1. The largest absolute Gasteiger partial charge is 0.487 e. The van der Waals surface area contributed by atoms with Crippen LogP contribution in [0.25, 0.3) is 0 Å². The molecule has 138 valence electrons. The maximum atomic E-state index is 12.5. The average molecular weight is 382 g/mol. The Morgan fingerprint density at radius 2 is 2.00 bits per heavy atom. The minimum absolute atomic E-state index is 0.152. The second-order valence-corrected chi connectivity index (χ2v) is 6.39. The summed E-state index contributed by atoms with van der Waals surface area (Å²) >= 11 is 1.28. The molecule has 0 radical (unpaired) electrons. The van der Waals surface area contributed by atoms with Crippen LogP contribution in [0.2, 0.25) is 0 Å². The molecule has 3 aromatic rings. The van der Waals surface area contributed by atoms with Gasteiger partial charge in [-0.3, -0.25) is 9.78 Å². The molecular weight excluding hydrogens is 364 g/mol. The maximum Gasteiger partial charge on any atom is 0.338 e. The standard InChI is InChI=1S/C20H18N2O4S/c1-2-25-20(24)16-8-4-3-6-14(16)13-26-17-9-11-27-18(17)19(23)22-15-7-5-10-21-12-15/h3-12H,2,13H2,1H3,(H,22,23). The van der Waals surface area contributed by atoms with E-state index in [4.69, 9.17) is 9.47 Å². The Morgan fingerprint density at radius 3 is 2.78 bits per heavy atom. The minimum Gasteiger partial charge on any atom is -0.487 e. The molecule has 0 aliphatic carbocycles. The van der Waals surface area contributed by atoms with Crippen LogP contribution in [0.1, 0.15) is 32.5 Å². The third-order valence-electron chi connectivity index (χ3n) is 3.65. The van der Waals surface area contributed by atoms with Crippen LogP contribution < -0.4 is 10.1 Å². The summed E-state index contributed by atoms with van der Waals surface area (Å²) in [4.78, 5) is 29.0. The van der Waals surface area contributed by atoms with E-state index in [1.54, 1.807) is 61.1 Å². The molecule has 0 bridgehead atoms. The summed E-state index contributed by atoms with van der Waals surface area (Å²) < 4.78 is 10.9. The molecule has 27 heavy (non-hydrogen) atoms. The first kappa shape index (κ1) is 18.6. The predicted octanol–water partition coefficient (Wildman–Crippen LogP) is 4.15. The Morgan fingerprint density at radius 1 is 1.15 bits per heavy atom. The van der Waals surface area contributed by atoms with Gasteiger partial charge in [-0.25, -0.2) is 4.79 Å². The number of nitrogens with zero attached hydrogens (tertiary/aromatic N) is 1. The van der Waals surface area contributed by atoms with Crippen molar-refractivity contribution in [2.75, 3.05) is 11.9 Å². The van der Waals surface area contributed by atoms with Crippen LogP contribution in [-0.2, 0) is 11.3 Å². The van der Waals surface area contributed by atoms with Crippen molar-refractivity contribution in [3.63, 3.8) is 0 Å². The van der Waals surface area contributed by atoms with Gasteiger partial charge in [-0.05, 0) is 36.6 Å². The van der Waals surface area contributed by atoms with E-state index in [0.717, 1.165) is 0 Å². The Hall–Kier alpha value is -3.19. The lowest BCUT2D eigenvalue weighted by atomic mass is 10.1. The second kappa shape index (κ2) is 8.95. The highest BCUT2D eigenvalue weighted by Crippen LogP contribution is 2.27. The predicted molar refractivity (Wildman–Crippen MR) is 103 cm³/mol. The topological polar surface area (TPSA) is 77.5 Å². The number of pyridine rings is 1. The molecule has 3 rings (SSSR count). The number of thiophene rings is 1. The molecule has 0 aliphatic rings. The number of rotatable bonds is 7. The van der Waals surface area contributed by atoms with Gasteiger partial charge in [0.25, 0.3) is 5.91 Å². The quantitative estimate of drug-likeness (QED) is 0.621. The first-order valence-electron chi connectivity index (χ1n) is 8.35. The van der Waals surface area contributed by atoms with Crippen molar-refractivity contribution in [2.45, 2.75) is 13.5 Å². The summed E-state index contributed by atoms with van der Waals surface area (Å²) in [5.74, 6) is -0.205. The van der Waals surface area contributed by atoms with E-state index in [1.165, 1.54) is 11.3 Å². The molecule has 0 fully saturated rings. The lowest BCUT2D eigenvalue weighted by Gasteiger charge is -2.11. The maximum absolute atomic E-state index is 12.5. The molecule has 7 heteroatoms. The van der Waals surface area contributed by atoms with Crippen molar-refractivity contribution in [1.82, 2.24) is 4.98 Å². The highest BCUT2D eigenvalue weighted by Gasteiger charge is 2.17. The van der Waals surface area contributed by atoms with Crippen molar-refractivity contribution in [2.24, 2.45) is 0 Å². The van der Waals surface area contributed by atoms with Gasteiger partial charge >= 0.3 is 5.97 Å². The Bertz CT molecular complexity index is 924. The summed E-state index contributed by atoms with van der Waals surface area (Å²) in [6.45, 7) is 2.21. The van der Waals surface area contributed by atoms with Gasteiger partial charge in [-0.1, -0.05) is 18.2 Å². The Balaban J connectivity index is 1.71. The summed E-state index contributed by atoms with van der Waals surface area (Å²) in [6.07, 6.45) is 3.21. The molecule has 2 aromatic heterocycles. The molecule has 0 unspecified atom stereocenters. The van der Waals surface area contributed by atoms with Crippen LogP contribution >= 0.6 is 11.3 Å². The smallest absolute Gasteiger partial charge is 0.338 e. The van der Waals surface area contributed by atoms with Crippen molar-refractivity contribution < 1.29 is 19.1 Å². The van der Waals surface area contributed by atoms with Gasteiger partial charge in [0.05, 0.1) is 24.1 Å². The van der Waals surface area contributed by atoms with Crippen LogP contribution in [0.15, 0.2) is 60.2 Å². The number of ether oxygens (including phenoxy) is 2. The summed E-state index contributed by atoms with van der Waals surface area (Å²) in [7, 11) is 0. The fourth-order valence-electron chi connectivity index (χ4n) is 2.41. The zero-order valence-electron chi connectivity index (χ0n) is 14.7. The first-order valence-corrected chi connectivity index (χ1v) is 9.23. The van der Waals surface area contributed by atoms with Gasteiger partial charge in [0, 0.05) is 11.8 Å². The molecule has 0 saturated heterocycles. The first-order chi connectivity index (χ1) is 13.2. The van der Waals surface area contributed by atoms with Gasteiger partial charge < -0.3 is 14.8 Å². The normalized spacial score (nSPS) is 10.3. The van der Waals surface area contributed by atoms with E-state index in [2.05, 4.69) is 10.3 Å². The summed E-state index contributed by atoms with van der Waals surface area (Å²) in [5.41, 5.74) is 1.76. The van der Waals surface area contributed by atoms with E-state index in [9.17, 15) is 9.59 Å². The van der Waals surface area contributed by atoms with Gasteiger partial charge in [0.15, 0.2) is 0 Å². The van der Waals surface area contributed by atoms with Crippen LogP contribution in [0.3, 0.4) is 0 Å². The van der Waals surface area contributed by atoms with Gasteiger partial charge in [0.1, 0.15) is 17.2 Å². The highest BCUT2D eigenvalue weighted by atomic mass is 32.1. The number of carbonyl (C=O) groups is 2. The number of benzene rings is 1. The van der Waals surface area contributed by atoms with Crippen molar-refractivity contribution in [1.29, 1.82) is 0 Å². The lowest BCUT2D eigenvalue weighted by Crippen LogP contribution is -2.13. The molecule has 2 heterocycles. The van der Waals surface area contributed by atoms with E-state index in [0.29, 0.717) is 34.0 Å². The van der Waals surface area contributed by atoms with Crippen molar-refractivity contribution in [3.8, 4) is 5.75 Å². The van der Waals surface area contributed by atoms with Crippen molar-refractivity contribution >= 4 is 28.9 Å². The third kappa shape index (κ3) is 4.71. The second-order valence-electron chi connectivity index (χ2n) is 5.48. The van der Waals surface area contributed by atoms with Crippen LogP contribution in [0, 0.1) is 0 Å². The highest BCUT2D eigenvalue weighted by molar-refractivity contribution is 7.12. The summed E-state index contributed by atoms with van der Waals surface area (Å²) in [5, 5.41) is 4.57. The van der Waals surface area contributed by atoms with E-state index >= 15 is 0 Å². The SMILES string of the molecule is CCOC(=O)c1ccccc1COc1ccsc1C(=O)Nc1cccnc1. The fourth-order valence-corrected chi connectivity index (χ4v) is 3.14. The van der Waals surface area contributed by atoms with Gasteiger partial charge in [0.2, 0.25) is 0 Å². The molecule has 1 N–H and O–H groups in total. The van der Waals surface area contributed by atoms with Gasteiger partial charge in [-0.15, -0.1) is 11.3 Å². The number of hydrogen-bond acceptors (Lipinski definition) is 6. The van der Waals surface area contributed by atoms with Crippen LogP contribution in [0.4, 0.5) is 5.69 Å². The van der Waals surface area contributed by atoms with Gasteiger partial charge in [-0.2, -0.15) is 0 Å². The molecule has 1 amide bonds. The number of nitrogens with one attached hydrogen (secondary N) is 1.